The van der Waals surface area contributed by atoms with E-state index in [1.54, 1.807) is 18.2 Å². The molecule has 3 aromatic rings. The van der Waals surface area contributed by atoms with E-state index in [4.69, 9.17) is 23.2 Å². The fourth-order valence-electron chi connectivity index (χ4n) is 2.95. The smallest absolute Gasteiger partial charge is 0.269 e. The number of amides is 1. The normalized spacial score (nSPS) is 12.2. The Kier molecular flexibility index (Phi) is 7.64. The average molecular weight is 530 g/mol. The molecule has 0 fully saturated rings. The molecule has 0 unspecified atom stereocenters. The summed E-state index contributed by atoms with van der Waals surface area (Å²) >= 11 is 11.8. The summed E-state index contributed by atoms with van der Waals surface area (Å²) in [6.45, 7) is -0.146. The lowest BCUT2D eigenvalue weighted by molar-refractivity contribution is -0.137. The predicted molar refractivity (Wildman–Crippen MR) is 123 cm³/mol. The Balaban J connectivity index is 1.83. The zero-order valence-corrected chi connectivity index (χ0v) is 19.8. The lowest BCUT2D eigenvalue weighted by Gasteiger charge is -2.22. The van der Waals surface area contributed by atoms with E-state index >= 15 is 0 Å². The van der Waals surface area contributed by atoms with Crippen molar-refractivity contribution in [3.8, 4) is 0 Å². The van der Waals surface area contributed by atoms with Crippen LogP contribution in [0.1, 0.15) is 21.5 Å². The molecule has 0 bridgehead atoms. The molecule has 0 spiro atoms. The molecule has 1 amide bonds. The van der Waals surface area contributed by atoms with Gasteiger partial charge in [-0.3, -0.25) is 9.10 Å². The Morgan fingerprint density at radius 2 is 1.65 bits per heavy atom. The number of hydrogen-bond donors (Lipinski definition) is 0. The molecule has 0 saturated carbocycles. The van der Waals surface area contributed by atoms with Gasteiger partial charge in [-0.2, -0.15) is 18.3 Å². The van der Waals surface area contributed by atoms with E-state index in [0.29, 0.717) is 22.7 Å². The van der Waals surface area contributed by atoms with Crippen LogP contribution in [0.3, 0.4) is 0 Å². The highest BCUT2D eigenvalue weighted by atomic mass is 35.5. The molecule has 0 heterocycles. The van der Waals surface area contributed by atoms with Gasteiger partial charge in [0.1, 0.15) is 0 Å². The van der Waals surface area contributed by atoms with Crippen molar-refractivity contribution in [2.45, 2.75) is 17.6 Å². The van der Waals surface area contributed by atoms with Crippen LogP contribution in [0.15, 0.2) is 81.9 Å². The van der Waals surface area contributed by atoms with Gasteiger partial charge in [-0.15, -0.1) is 5.11 Å². The minimum Gasteiger partial charge on any atom is -0.269 e. The van der Waals surface area contributed by atoms with Crippen molar-refractivity contribution in [3.05, 3.63) is 93.5 Å². The third-order valence-electron chi connectivity index (χ3n) is 4.73. The van der Waals surface area contributed by atoms with Gasteiger partial charge < -0.3 is 0 Å². The number of sulfonamides is 1. The van der Waals surface area contributed by atoms with Crippen LogP contribution < -0.4 is 4.31 Å². The van der Waals surface area contributed by atoms with E-state index in [2.05, 4.69) is 10.2 Å². The summed E-state index contributed by atoms with van der Waals surface area (Å²) in [5.41, 5.74) is -0.267. The van der Waals surface area contributed by atoms with Crippen molar-refractivity contribution >= 4 is 44.8 Å². The summed E-state index contributed by atoms with van der Waals surface area (Å²) in [7, 11) is -2.91. The molecule has 0 saturated heterocycles. The van der Waals surface area contributed by atoms with Crippen LogP contribution in [0.4, 0.5) is 18.9 Å². The number of benzene rings is 3. The molecule has 0 N–H and O–H groups in total. The number of para-hydroxylation sites is 1. The van der Waals surface area contributed by atoms with Crippen LogP contribution in [0.25, 0.3) is 0 Å². The number of halogens is 5. The molecule has 178 valence electrons. The number of nitrogens with zero attached hydrogens (tertiary/aromatic N) is 3. The summed E-state index contributed by atoms with van der Waals surface area (Å²) in [4.78, 5) is 12.0. The maximum atomic E-state index is 13.0. The number of hydrogen-bond acceptors (Lipinski definition) is 4. The zero-order chi connectivity index (χ0) is 25.1. The fraction of sp³-hybridized carbons (Fsp3) is 0.136. The van der Waals surface area contributed by atoms with E-state index in [1.807, 2.05) is 0 Å². The van der Waals surface area contributed by atoms with E-state index in [0.717, 1.165) is 16.4 Å². The summed E-state index contributed by atoms with van der Waals surface area (Å²) in [6.07, 6.45) is -4.58. The van der Waals surface area contributed by atoms with Gasteiger partial charge in [0.2, 0.25) is 0 Å². The third-order valence-corrected chi connectivity index (χ3v) is 7.08. The number of rotatable bonds is 6. The quantitative estimate of drug-likeness (QED) is 0.336. The molecule has 0 atom stereocenters. The zero-order valence-electron chi connectivity index (χ0n) is 17.4. The van der Waals surface area contributed by atoms with Crippen molar-refractivity contribution in [3.63, 3.8) is 0 Å². The van der Waals surface area contributed by atoms with Crippen molar-refractivity contribution in [2.24, 2.45) is 10.2 Å². The second-order valence-corrected chi connectivity index (χ2v) is 9.77. The lowest BCUT2D eigenvalue weighted by Crippen LogP contribution is -2.27. The lowest BCUT2D eigenvalue weighted by atomic mass is 10.2. The standard InChI is InChI=1S/C22H16Cl2F3N3O3S/c1-30(34(32,33)17-9-6-15(7-10-17)22(25,26)27)20-5-3-2-4-14(20)13-28-29-21(31)18-12-16(23)8-11-19(18)24/h2-12H,13H2,1H3. The summed E-state index contributed by atoms with van der Waals surface area (Å²) in [5, 5.41) is 7.91. The topological polar surface area (TPSA) is 79.2 Å². The highest BCUT2D eigenvalue weighted by molar-refractivity contribution is 7.92. The van der Waals surface area contributed by atoms with Gasteiger partial charge in [0.15, 0.2) is 0 Å². The number of carbonyl (C=O) groups excluding carboxylic acids is 1. The van der Waals surface area contributed by atoms with Gasteiger partial charge in [0, 0.05) is 12.1 Å². The Labute approximate surface area is 203 Å². The van der Waals surface area contributed by atoms with E-state index in [-0.39, 0.29) is 27.7 Å². The van der Waals surface area contributed by atoms with Crippen LogP contribution in [0.2, 0.25) is 10.0 Å². The Hall–Kier alpha value is -2.95. The van der Waals surface area contributed by atoms with Crippen LogP contribution in [-0.4, -0.2) is 21.4 Å². The number of anilines is 1. The monoisotopic (exact) mass is 529 g/mol. The molecule has 34 heavy (non-hydrogen) atoms. The summed E-state index contributed by atoms with van der Waals surface area (Å²) in [6, 6.07) is 13.8. The molecule has 3 aromatic carbocycles. The maximum Gasteiger partial charge on any atom is 0.416 e. The van der Waals surface area contributed by atoms with Gasteiger partial charge in [-0.05, 0) is 54.1 Å². The Bertz CT molecular complexity index is 1350. The van der Waals surface area contributed by atoms with Crippen molar-refractivity contribution < 1.29 is 26.4 Å². The molecule has 0 aromatic heterocycles. The van der Waals surface area contributed by atoms with Crippen LogP contribution >= 0.6 is 23.2 Å². The minimum atomic E-state index is -4.58. The van der Waals surface area contributed by atoms with Gasteiger partial charge >= 0.3 is 6.18 Å². The highest BCUT2D eigenvalue weighted by Gasteiger charge is 2.31. The number of carbonyl (C=O) groups is 1. The van der Waals surface area contributed by atoms with E-state index in [1.165, 1.54) is 31.3 Å². The first kappa shape index (κ1) is 25.7. The third kappa shape index (κ3) is 5.75. The second-order valence-electron chi connectivity index (χ2n) is 6.95. The van der Waals surface area contributed by atoms with Crippen molar-refractivity contribution in [1.82, 2.24) is 0 Å². The van der Waals surface area contributed by atoms with Crippen LogP contribution in [0, 0.1) is 0 Å². The number of alkyl halides is 3. The van der Waals surface area contributed by atoms with Gasteiger partial charge in [-0.25, -0.2) is 8.42 Å². The van der Waals surface area contributed by atoms with Crippen LogP contribution in [0.5, 0.6) is 0 Å². The fourth-order valence-corrected chi connectivity index (χ4v) is 4.55. The highest BCUT2D eigenvalue weighted by Crippen LogP contribution is 2.31. The average Bonchev–Trinajstić information content (AvgIpc) is 2.80. The molecule has 0 aliphatic rings. The Morgan fingerprint density at radius 1 is 1.00 bits per heavy atom. The summed E-state index contributed by atoms with van der Waals surface area (Å²) < 4.78 is 65.3. The van der Waals surface area contributed by atoms with Gasteiger partial charge in [0.05, 0.1) is 33.3 Å². The number of azo groups is 1. The molecule has 0 aliphatic heterocycles. The van der Waals surface area contributed by atoms with Crippen LogP contribution in [-0.2, 0) is 22.7 Å². The van der Waals surface area contributed by atoms with Gasteiger partial charge in [-0.1, -0.05) is 41.4 Å². The molecule has 6 nitrogen and oxygen atoms in total. The van der Waals surface area contributed by atoms with E-state index < -0.39 is 27.7 Å². The second kappa shape index (κ2) is 10.1. The van der Waals surface area contributed by atoms with E-state index in [9.17, 15) is 26.4 Å². The first-order chi connectivity index (χ1) is 15.9. The molecular formula is C22H16Cl2F3N3O3S. The molecular weight excluding hydrogens is 514 g/mol. The first-order valence-corrected chi connectivity index (χ1v) is 11.7. The molecule has 0 radical (unpaired) electrons. The largest absolute Gasteiger partial charge is 0.416 e. The molecule has 12 heteroatoms. The SMILES string of the molecule is CN(c1ccccc1CN=NC(=O)c1cc(Cl)ccc1Cl)S(=O)(=O)c1ccc(C(F)(F)F)cc1. The maximum absolute atomic E-state index is 13.0. The van der Waals surface area contributed by atoms with Crippen molar-refractivity contribution in [2.75, 3.05) is 11.4 Å². The summed E-state index contributed by atoms with van der Waals surface area (Å²) in [5.74, 6) is -0.726. The van der Waals surface area contributed by atoms with Gasteiger partial charge in [0.25, 0.3) is 15.9 Å². The molecule has 0 aliphatic carbocycles. The molecule has 3 rings (SSSR count). The van der Waals surface area contributed by atoms with Crippen molar-refractivity contribution in [1.29, 1.82) is 0 Å². The predicted octanol–water partition coefficient (Wildman–Crippen LogP) is 6.63. The Morgan fingerprint density at radius 3 is 2.29 bits per heavy atom. The minimum absolute atomic E-state index is 0.0631. The first-order valence-electron chi connectivity index (χ1n) is 9.52.